The van der Waals surface area contributed by atoms with Crippen LogP contribution in [-0.4, -0.2) is 17.3 Å². The zero-order chi connectivity index (χ0) is 10.6. The van der Waals surface area contributed by atoms with E-state index in [2.05, 4.69) is 0 Å². The lowest BCUT2D eigenvalue weighted by Gasteiger charge is -2.18. The second-order valence-corrected chi connectivity index (χ2v) is 3.99. The molecule has 0 spiro atoms. The van der Waals surface area contributed by atoms with Gasteiger partial charge in [-0.2, -0.15) is 0 Å². The molecule has 76 valence electrons. The van der Waals surface area contributed by atoms with Crippen LogP contribution in [0.5, 0.6) is 0 Å². The van der Waals surface area contributed by atoms with Crippen molar-refractivity contribution in [2.75, 3.05) is 6.54 Å². The molecule has 4 N–H and O–H groups in total. The summed E-state index contributed by atoms with van der Waals surface area (Å²) in [7, 11) is 0. The second-order valence-electron chi connectivity index (χ2n) is 3.99. The fourth-order valence-electron chi connectivity index (χ4n) is 0.762. The molecule has 0 saturated heterocycles. The Morgan fingerprint density at radius 1 is 1.46 bits per heavy atom. The molecule has 0 bridgehead atoms. The van der Waals surface area contributed by atoms with Crippen LogP contribution >= 0.6 is 0 Å². The molecule has 0 fully saturated rings. The van der Waals surface area contributed by atoms with E-state index < -0.39 is 5.41 Å². The summed E-state index contributed by atoms with van der Waals surface area (Å²) in [6, 6.07) is 0. The van der Waals surface area contributed by atoms with Crippen LogP contribution in [0.4, 0.5) is 0 Å². The van der Waals surface area contributed by atoms with E-state index in [4.69, 9.17) is 11.6 Å². The van der Waals surface area contributed by atoms with Gasteiger partial charge < -0.3 is 10.7 Å². The van der Waals surface area contributed by atoms with Gasteiger partial charge in [0, 0.05) is 18.2 Å². The van der Waals surface area contributed by atoms with Gasteiger partial charge in [-0.15, -0.1) is 0 Å². The number of allylic oxidation sites excluding steroid dienone is 1. The number of hydrogen-bond acceptors (Lipinski definition) is 4. The average molecular weight is 185 g/mol. The van der Waals surface area contributed by atoms with Gasteiger partial charge in [-0.25, -0.2) is 5.84 Å². The monoisotopic (exact) mass is 185 g/mol. The van der Waals surface area contributed by atoms with Gasteiger partial charge in [0.25, 0.3) is 0 Å². The molecule has 0 aliphatic heterocycles. The minimum Gasteiger partial charge on any atom is -0.395 e. The summed E-state index contributed by atoms with van der Waals surface area (Å²) in [5.74, 6) is 5.39. The van der Waals surface area contributed by atoms with Gasteiger partial charge in [-0.3, -0.25) is 4.79 Å². The molecule has 13 heavy (non-hydrogen) atoms. The van der Waals surface area contributed by atoms with Crippen LogP contribution in [0.25, 0.3) is 0 Å². The molecule has 0 aromatic rings. The Labute approximate surface area is 79.5 Å². The first kappa shape index (κ1) is 12.0. The molecule has 0 aliphatic carbocycles. The lowest BCUT2D eigenvalue weighted by molar-refractivity contribution is -0.122. The van der Waals surface area contributed by atoms with Crippen molar-refractivity contribution in [2.45, 2.75) is 27.7 Å². The third-order valence-corrected chi connectivity index (χ3v) is 1.61. The highest BCUT2D eigenvalue weighted by molar-refractivity contribution is 5.98. The van der Waals surface area contributed by atoms with Gasteiger partial charge >= 0.3 is 0 Å². The minimum absolute atomic E-state index is 0.0867. The molecular formula is C9H19N3O. The van der Waals surface area contributed by atoms with E-state index in [0.29, 0.717) is 6.54 Å². The second kappa shape index (κ2) is 4.28. The van der Waals surface area contributed by atoms with Gasteiger partial charge in [-0.1, -0.05) is 20.8 Å². The molecule has 4 heteroatoms. The van der Waals surface area contributed by atoms with E-state index >= 15 is 0 Å². The number of carbonyl (C=O) groups is 1. The van der Waals surface area contributed by atoms with E-state index in [-0.39, 0.29) is 11.5 Å². The topological polar surface area (TPSA) is 72.3 Å². The van der Waals surface area contributed by atoms with Crippen LogP contribution in [0.15, 0.2) is 11.9 Å². The lowest BCUT2D eigenvalue weighted by atomic mass is 9.89. The molecule has 0 amide bonds. The Morgan fingerprint density at radius 3 is 2.23 bits per heavy atom. The number of hydrogen-bond donors (Lipinski definition) is 2. The molecule has 0 rings (SSSR count). The molecule has 0 heterocycles. The number of ketones is 1. The Hall–Kier alpha value is -1.03. The summed E-state index contributed by atoms with van der Waals surface area (Å²) in [4.78, 5) is 11.5. The maximum absolute atomic E-state index is 11.5. The molecule has 0 unspecified atom stereocenters. The first-order valence-electron chi connectivity index (χ1n) is 4.32. The zero-order valence-electron chi connectivity index (χ0n) is 8.79. The van der Waals surface area contributed by atoms with E-state index in [1.807, 2.05) is 27.7 Å². The van der Waals surface area contributed by atoms with E-state index in [0.717, 1.165) is 0 Å². The Morgan fingerprint density at radius 2 is 1.92 bits per heavy atom. The molecular weight excluding hydrogens is 166 g/mol. The summed E-state index contributed by atoms with van der Waals surface area (Å²) >= 11 is 0. The van der Waals surface area contributed by atoms with Crippen molar-refractivity contribution >= 4 is 5.78 Å². The van der Waals surface area contributed by atoms with E-state index in [1.165, 1.54) is 11.2 Å². The SMILES string of the molecule is CCN(N)/C=C(\N)C(=O)C(C)(C)C. The number of carbonyl (C=O) groups excluding carboxylic acids is 1. The maximum Gasteiger partial charge on any atom is 0.185 e. The molecule has 0 aromatic heterocycles. The Bertz CT molecular complexity index is 215. The average Bonchev–Trinajstić information content (AvgIpc) is 2.01. The third-order valence-electron chi connectivity index (χ3n) is 1.61. The lowest BCUT2D eigenvalue weighted by Crippen LogP contribution is -2.31. The zero-order valence-corrected chi connectivity index (χ0v) is 8.79. The quantitative estimate of drug-likeness (QED) is 0.383. The predicted molar refractivity (Wildman–Crippen MR) is 53.3 cm³/mol. The molecule has 0 aliphatic rings. The first-order valence-corrected chi connectivity index (χ1v) is 4.32. The van der Waals surface area contributed by atoms with Crippen LogP contribution in [0, 0.1) is 5.41 Å². The number of hydrazine groups is 1. The van der Waals surface area contributed by atoms with E-state index in [9.17, 15) is 4.79 Å². The summed E-state index contributed by atoms with van der Waals surface area (Å²) in [6.45, 7) is 7.97. The standard InChI is InChI=1S/C9H19N3O/c1-5-12(11)6-7(10)8(13)9(2,3)4/h6H,5,10-11H2,1-4H3/b7-6-. The van der Waals surface area contributed by atoms with Gasteiger partial charge in [-0.05, 0) is 6.92 Å². The van der Waals surface area contributed by atoms with Crippen molar-refractivity contribution in [2.24, 2.45) is 17.0 Å². The normalized spacial score (nSPS) is 12.8. The third kappa shape index (κ3) is 3.94. The van der Waals surface area contributed by atoms with E-state index in [1.54, 1.807) is 0 Å². The van der Waals surface area contributed by atoms with Crippen molar-refractivity contribution in [3.63, 3.8) is 0 Å². The van der Waals surface area contributed by atoms with Crippen LogP contribution < -0.4 is 11.6 Å². The smallest absolute Gasteiger partial charge is 0.185 e. The summed E-state index contributed by atoms with van der Waals surface area (Å²) in [5.41, 5.74) is 5.33. The van der Waals surface area contributed by atoms with Crippen LogP contribution in [-0.2, 0) is 4.79 Å². The molecule has 4 nitrogen and oxygen atoms in total. The maximum atomic E-state index is 11.5. The van der Waals surface area contributed by atoms with Crippen molar-refractivity contribution < 1.29 is 4.79 Å². The molecule has 0 saturated carbocycles. The number of Topliss-reactive ketones (excluding diaryl/α,β-unsaturated/α-hetero) is 1. The summed E-state index contributed by atoms with van der Waals surface area (Å²) < 4.78 is 0. The van der Waals surface area contributed by atoms with Gasteiger partial charge in [0.05, 0.1) is 5.70 Å². The van der Waals surface area contributed by atoms with Crippen LogP contribution in [0.1, 0.15) is 27.7 Å². The molecule has 0 aromatic carbocycles. The van der Waals surface area contributed by atoms with Crippen molar-refractivity contribution in [3.05, 3.63) is 11.9 Å². The van der Waals surface area contributed by atoms with Crippen LogP contribution in [0.2, 0.25) is 0 Å². The minimum atomic E-state index is -0.449. The van der Waals surface area contributed by atoms with Crippen molar-refractivity contribution in [1.29, 1.82) is 0 Å². The largest absolute Gasteiger partial charge is 0.395 e. The van der Waals surface area contributed by atoms with Crippen LogP contribution in [0.3, 0.4) is 0 Å². The van der Waals surface area contributed by atoms with Crippen molar-refractivity contribution in [3.8, 4) is 0 Å². The highest BCUT2D eigenvalue weighted by Crippen LogP contribution is 2.17. The first-order chi connectivity index (χ1) is 5.79. The molecule has 0 atom stereocenters. The summed E-state index contributed by atoms with van der Waals surface area (Å²) in [6.07, 6.45) is 1.47. The number of nitrogens with zero attached hydrogens (tertiary/aromatic N) is 1. The number of nitrogens with two attached hydrogens (primary N) is 2. The van der Waals surface area contributed by atoms with Gasteiger partial charge in [0.1, 0.15) is 0 Å². The highest BCUT2D eigenvalue weighted by Gasteiger charge is 2.23. The predicted octanol–water partition coefficient (Wildman–Crippen LogP) is 0.597. The Kier molecular flexibility index (Phi) is 3.94. The highest BCUT2D eigenvalue weighted by atomic mass is 16.1. The molecule has 0 radical (unpaired) electrons. The summed E-state index contributed by atoms with van der Waals surface area (Å²) in [5, 5.41) is 1.39. The van der Waals surface area contributed by atoms with Gasteiger partial charge in [0.15, 0.2) is 5.78 Å². The Balaban J connectivity index is 4.52. The van der Waals surface area contributed by atoms with Gasteiger partial charge in [0.2, 0.25) is 0 Å². The fourth-order valence-corrected chi connectivity index (χ4v) is 0.762. The fraction of sp³-hybridized carbons (Fsp3) is 0.667. The number of rotatable bonds is 3. The van der Waals surface area contributed by atoms with Crippen molar-refractivity contribution in [1.82, 2.24) is 5.01 Å².